The SMILES string of the molecule is C[C@@H]1NCC[C@@H]1N1CCN(C)[C@@H](C)C1.Cl.Cl. The summed E-state index contributed by atoms with van der Waals surface area (Å²) in [7, 11) is 2.23. The maximum Gasteiger partial charge on any atom is 0.0259 e. The van der Waals surface area contributed by atoms with Gasteiger partial charge in [-0.05, 0) is 33.9 Å². The van der Waals surface area contributed by atoms with Crippen LogP contribution in [0.2, 0.25) is 0 Å². The Morgan fingerprint density at radius 2 is 1.81 bits per heavy atom. The van der Waals surface area contributed by atoms with E-state index >= 15 is 0 Å². The van der Waals surface area contributed by atoms with Gasteiger partial charge in [-0.2, -0.15) is 0 Å². The predicted octanol–water partition coefficient (Wildman–Crippen LogP) is 1.22. The highest BCUT2D eigenvalue weighted by Crippen LogP contribution is 2.18. The van der Waals surface area contributed by atoms with Crippen molar-refractivity contribution in [3.63, 3.8) is 0 Å². The molecule has 0 spiro atoms. The number of halogens is 2. The summed E-state index contributed by atoms with van der Waals surface area (Å²) in [5.41, 5.74) is 0. The summed E-state index contributed by atoms with van der Waals surface area (Å²) in [6, 6.07) is 2.19. The monoisotopic (exact) mass is 269 g/mol. The third-order valence-electron chi connectivity index (χ3n) is 3.94. The van der Waals surface area contributed by atoms with Gasteiger partial charge in [-0.3, -0.25) is 4.90 Å². The van der Waals surface area contributed by atoms with Crippen LogP contribution in [0.5, 0.6) is 0 Å². The molecule has 3 nitrogen and oxygen atoms in total. The van der Waals surface area contributed by atoms with Crippen molar-refractivity contribution in [1.82, 2.24) is 15.1 Å². The van der Waals surface area contributed by atoms with E-state index in [1.54, 1.807) is 0 Å². The molecule has 98 valence electrons. The lowest BCUT2D eigenvalue weighted by atomic mass is 10.1. The first-order valence-corrected chi connectivity index (χ1v) is 5.86. The molecule has 2 rings (SSSR count). The van der Waals surface area contributed by atoms with Crippen LogP contribution >= 0.6 is 24.8 Å². The van der Waals surface area contributed by atoms with E-state index < -0.39 is 0 Å². The minimum absolute atomic E-state index is 0. The summed E-state index contributed by atoms with van der Waals surface area (Å²) >= 11 is 0. The van der Waals surface area contributed by atoms with Crippen LogP contribution in [0.3, 0.4) is 0 Å². The second kappa shape index (κ2) is 7.02. The largest absolute Gasteiger partial charge is 0.313 e. The van der Waals surface area contributed by atoms with Crippen molar-refractivity contribution in [3.05, 3.63) is 0 Å². The average molecular weight is 270 g/mol. The lowest BCUT2D eigenvalue weighted by molar-refractivity contribution is 0.0690. The Labute approximate surface area is 112 Å². The number of nitrogens with zero attached hydrogens (tertiary/aromatic N) is 2. The molecule has 2 aliphatic heterocycles. The number of rotatable bonds is 1. The van der Waals surface area contributed by atoms with Crippen molar-refractivity contribution < 1.29 is 0 Å². The van der Waals surface area contributed by atoms with E-state index in [4.69, 9.17) is 0 Å². The molecule has 3 atom stereocenters. The summed E-state index contributed by atoms with van der Waals surface area (Å²) in [6.45, 7) is 9.57. The summed E-state index contributed by atoms with van der Waals surface area (Å²) in [6.07, 6.45) is 1.33. The number of hydrogen-bond donors (Lipinski definition) is 1. The molecule has 0 aromatic rings. The fourth-order valence-electron chi connectivity index (χ4n) is 2.72. The van der Waals surface area contributed by atoms with Gasteiger partial charge in [0.25, 0.3) is 0 Å². The molecule has 2 saturated heterocycles. The molecule has 2 aliphatic rings. The van der Waals surface area contributed by atoms with E-state index in [1.165, 1.54) is 32.6 Å². The Morgan fingerprint density at radius 3 is 2.31 bits per heavy atom. The second-order valence-electron chi connectivity index (χ2n) is 4.92. The highest BCUT2D eigenvalue weighted by atomic mass is 35.5. The zero-order valence-electron chi connectivity index (χ0n) is 10.5. The molecule has 2 fully saturated rings. The van der Waals surface area contributed by atoms with Gasteiger partial charge in [-0.1, -0.05) is 0 Å². The lowest BCUT2D eigenvalue weighted by Crippen LogP contribution is -2.55. The molecule has 0 aromatic heterocycles. The van der Waals surface area contributed by atoms with E-state index in [0.717, 1.165) is 12.1 Å². The fourth-order valence-corrected chi connectivity index (χ4v) is 2.72. The molecule has 0 amide bonds. The molecule has 0 aromatic carbocycles. The van der Waals surface area contributed by atoms with Crippen LogP contribution in [0.4, 0.5) is 0 Å². The van der Waals surface area contributed by atoms with Crippen molar-refractivity contribution in [1.29, 1.82) is 0 Å². The van der Waals surface area contributed by atoms with Crippen LogP contribution < -0.4 is 5.32 Å². The van der Waals surface area contributed by atoms with Gasteiger partial charge in [0.15, 0.2) is 0 Å². The normalized spacial score (nSPS) is 36.6. The molecule has 0 radical (unpaired) electrons. The molecule has 5 heteroatoms. The maximum absolute atomic E-state index is 3.54. The standard InChI is InChI=1S/C11H23N3.2ClH/c1-9-8-14(7-6-13(9)3)11-4-5-12-10(11)2;;/h9-12H,4-8H2,1-3H3;2*1H/t9-,10-,11-;;/m0../s1. The van der Waals surface area contributed by atoms with E-state index in [0.29, 0.717) is 6.04 Å². The molecule has 0 bridgehead atoms. The zero-order valence-corrected chi connectivity index (χ0v) is 12.1. The zero-order chi connectivity index (χ0) is 10.1. The maximum atomic E-state index is 3.54. The summed E-state index contributed by atoms with van der Waals surface area (Å²) < 4.78 is 0. The van der Waals surface area contributed by atoms with Crippen LogP contribution in [0.25, 0.3) is 0 Å². The van der Waals surface area contributed by atoms with E-state index in [-0.39, 0.29) is 24.8 Å². The van der Waals surface area contributed by atoms with Gasteiger partial charge in [-0.25, -0.2) is 0 Å². The lowest BCUT2D eigenvalue weighted by Gasteiger charge is -2.41. The van der Waals surface area contributed by atoms with Gasteiger partial charge < -0.3 is 10.2 Å². The minimum Gasteiger partial charge on any atom is -0.313 e. The summed E-state index contributed by atoms with van der Waals surface area (Å²) in [5.74, 6) is 0. The number of nitrogens with one attached hydrogen (secondary N) is 1. The number of hydrogen-bond acceptors (Lipinski definition) is 3. The summed E-state index contributed by atoms with van der Waals surface area (Å²) in [4.78, 5) is 5.14. The van der Waals surface area contributed by atoms with Crippen molar-refractivity contribution in [3.8, 4) is 0 Å². The van der Waals surface area contributed by atoms with E-state index in [9.17, 15) is 0 Å². The molecule has 2 heterocycles. The highest BCUT2D eigenvalue weighted by Gasteiger charge is 2.32. The first-order valence-electron chi connectivity index (χ1n) is 5.86. The Balaban J connectivity index is 0.00000112. The number of piperazine rings is 1. The third-order valence-corrected chi connectivity index (χ3v) is 3.94. The highest BCUT2D eigenvalue weighted by molar-refractivity contribution is 5.85. The average Bonchev–Trinajstić information content (AvgIpc) is 2.57. The first-order chi connectivity index (χ1) is 6.68. The molecule has 1 N–H and O–H groups in total. The Kier molecular flexibility index (Phi) is 7.22. The van der Waals surface area contributed by atoms with E-state index in [2.05, 4.69) is 36.0 Å². The minimum atomic E-state index is 0. The Hall–Kier alpha value is 0.460. The van der Waals surface area contributed by atoms with Crippen molar-refractivity contribution in [2.24, 2.45) is 0 Å². The third kappa shape index (κ3) is 3.47. The summed E-state index contributed by atoms with van der Waals surface area (Å²) in [5, 5.41) is 3.54. The molecule has 0 unspecified atom stereocenters. The van der Waals surface area contributed by atoms with Crippen molar-refractivity contribution >= 4 is 24.8 Å². The second-order valence-corrected chi connectivity index (χ2v) is 4.92. The molecule has 0 aliphatic carbocycles. The van der Waals surface area contributed by atoms with Gasteiger partial charge in [0.05, 0.1) is 0 Å². The van der Waals surface area contributed by atoms with Crippen LogP contribution in [0.1, 0.15) is 20.3 Å². The number of likely N-dealkylation sites (N-methyl/N-ethyl adjacent to an activating group) is 1. The van der Waals surface area contributed by atoms with Crippen LogP contribution in [-0.4, -0.2) is 61.2 Å². The van der Waals surface area contributed by atoms with Gasteiger partial charge in [0.2, 0.25) is 0 Å². The molecule has 0 saturated carbocycles. The van der Waals surface area contributed by atoms with Gasteiger partial charge in [0, 0.05) is 37.8 Å². The quantitative estimate of drug-likeness (QED) is 0.773. The van der Waals surface area contributed by atoms with Crippen LogP contribution in [0, 0.1) is 0 Å². The topological polar surface area (TPSA) is 18.5 Å². The smallest absolute Gasteiger partial charge is 0.0259 e. The van der Waals surface area contributed by atoms with E-state index in [1.807, 2.05) is 0 Å². The van der Waals surface area contributed by atoms with Crippen LogP contribution in [-0.2, 0) is 0 Å². The fraction of sp³-hybridized carbons (Fsp3) is 1.00. The Bertz CT molecular complexity index is 204. The van der Waals surface area contributed by atoms with Crippen molar-refractivity contribution in [2.45, 2.75) is 38.4 Å². The van der Waals surface area contributed by atoms with Gasteiger partial charge >= 0.3 is 0 Å². The Morgan fingerprint density at radius 1 is 1.12 bits per heavy atom. The van der Waals surface area contributed by atoms with Gasteiger partial charge in [-0.15, -0.1) is 24.8 Å². The predicted molar refractivity (Wildman–Crippen MR) is 74.0 cm³/mol. The van der Waals surface area contributed by atoms with Gasteiger partial charge in [0.1, 0.15) is 0 Å². The molecule has 16 heavy (non-hydrogen) atoms. The van der Waals surface area contributed by atoms with Crippen LogP contribution in [0.15, 0.2) is 0 Å². The van der Waals surface area contributed by atoms with Crippen molar-refractivity contribution in [2.75, 3.05) is 33.2 Å². The molecular weight excluding hydrogens is 245 g/mol. The molecular formula is C11H25Cl2N3. The first kappa shape index (κ1) is 16.5.